The van der Waals surface area contributed by atoms with Crippen LogP contribution < -0.4 is 10.1 Å². The van der Waals surface area contributed by atoms with Gasteiger partial charge < -0.3 is 15.2 Å². The maximum Gasteiger partial charge on any atom is 0.324 e. The Labute approximate surface area is 151 Å². The summed E-state index contributed by atoms with van der Waals surface area (Å²) in [5.41, 5.74) is -0.487. The van der Waals surface area contributed by atoms with E-state index in [0.717, 1.165) is 5.56 Å². The van der Waals surface area contributed by atoms with Crippen molar-refractivity contribution >= 4 is 11.9 Å². The number of nitrogens with one attached hydrogen (secondary N) is 1. The number of methoxy groups -OCH3 is 1. The smallest absolute Gasteiger partial charge is 0.324 e. The van der Waals surface area contributed by atoms with Gasteiger partial charge in [-0.3, -0.25) is 14.5 Å². The van der Waals surface area contributed by atoms with Crippen LogP contribution in [0.2, 0.25) is 0 Å². The number of carboxylic acid groups (broad SMARTS) is 1. The summed E-state index contributed by atoms with van der Waals surface area (Å²) in [6.07, 6.45) is -2.31. The first-order chi connectivity index (χ1) is 12.3. The Hall–Kier alpha value is -2.22. The lowest BCUT2D eigenvalue weighted by atomic mass is 9.87. The number of nitrogens with zero attached hydrogens (tertiary/aromatic N) is 1. The van der Waals surface area contributed by atoms with Gasteiger partial charge in [-0.15, -0.1) is 0 Å². The fourth-order valence-corrected chi connectivity index (χ4v) is 3.74. The van der Waals surface area contributed by atoms with Crippen LogP contribution in [0.5, 0.6) is 5.75 Å². The number of rotatable bonds is 7. The summed E-state index contributed by atoms with van der Waals surface area (Å²) in [4.78, 5) is 26.2. The Kier molecular flexibility index (Phi) is 6.17. The maximum atomic E-state index is 12.5. The van der Waals surface area contributed by atoms with Gasteiger partial charge in [-0.1, -0.05) is 19.1 Å². The normalized spacial score (nSPS) is 26.1. The van der Waals surface area contributed by atoms with Crippen molar-refractivity contribution in [2.45, 2.75) is 37.8 Å². The van der Waals surface area contributed by atoms with Gasteiger partial charge in [0.1, 0.15) is 11.3 Å². The van der Waals surface area contributed by atoms with Gasteiger partial charge in [0.2, 0.25) is 5.91 Å². The van der Waals surface area contributed by atoms with Crippen molar-refractivity contribution in [2.24, 2.45) is 5.92 Å². The Morgan fingerprint density at radius 2 is 2.00 bits per heavy atom. The minimum Gasteiger partial charge on any atom is -0.497 e. The van der Waals surface area contributed by atoms with Crippen LogP contribution in [0.1, 0.15) is 31.4 Å². The molecule has 1 heterocycles. The van der Waals surface area contributed by atoms with Crippen LogP contribution in [0.25, 0.3) is 0 Å². The van der Waals surface area contributed by atoms with Crippen molar-refractivity contribution in [2.75, 3.05) is 20.7 Å². The molecular formula is C18H24F2N2O4. The number of alkyl halides is 2. The van der Waals surface area contributed by atoms with E-state index in [9.17, 15) is 23.5 Å². The minimum absolute atomic E-state index is 0.0566. The van der Waals surface area contributed by atoms with Crippen LogP contribution in [0, 0.1) is 5.92 Å². The van der Waals surface area contributed by atoms with E-state index in [1.165, 1.54) is 7.11 Å². The molecule has 144 valence electrons. The number of likely N-dealkylation sites (N-methyl/N-ethyl adjacent to an activating group) is 1. The summed E-state index contributed by atoms with van der Waals surface area (Å²) < 4.78 is 30.1. The summed E-state index contributed by atoms with van der Waals surface area (Å²) in [6.45, 7) is 0.996. The van der Waals surface area contributed by atoms with E-state index in [-0.39, 0.29) is 6.42 Å². The van der Waals surface area contributed by atoms with E-state index in [0.29, 0.717) is 12.2 Å². The van der Waals surface area contributed by atoms with Crippen LogP contribution >= 0.6 is 0 Å². The van der Waals surface area contributed by atoms with Crippen molar-refractivity contribution in [1.29, 1.82) is 0 Å². The fourth-order valence-electron chi connectivity index (χ4n) is 3.74. The zero-order valence-electron chi connectivity index (χ0n) is 15.0. The number of amides is 1. The van der Waals surface area contributed by atoms with E-state index in [1.807, 2.05) is 0 Å². The molecule has 0 spiro atoms. The van der Waals surface area contributed by atoms with Crippen LogP contribution in [0.15, 0.2) is 24.3 Å². The molecule has 0 aliphatic carbocycles. The largest absolute Gasteiger partial charge is 0.497 e. The lowest BCUT2D eigenvalue weighted by molar-refractivity contribution is -0.150. The standard InChI is InChI=1S/C18H24F2N2O4/c1-4-18(17(24)25)9-13(16(23)21-10-14(19)20)15(22(18)2)11-5-7-12(26-3)8-6-11/h5-8,13-15H,4,9-10H2,1-3H3,(H,21,23)(H,24,25)/t13-,15-,18-/m0/s1. The highest BCUT2D eigenvalue weighted by Gasteiger charge is 2.56. The molecule has 6 nitrogen and oxygen atoms in total. The first-order valence-electron chi connectivity index (χ1n) is 8.43. The molecule has 2 N–H and O–H groups in total. The summed E-state index contributed by atoms with van der Waals surface area (Å²) >= 11 is 0. The molecule has 3 atom stereocenters. The van der Waals surface area contributed by atoms with Crippen molar-refractivity contribution in [3.05, 3.63) is 29.8 Å². The second-order valence-corrected chi connectivity index (χ2v) is 6.47. The van der Waals surface area contributed by atoms with Crippen LogP contribution in [-0.4, -0.2) is 54.5 Å². The van der Waals surface area contributed by atoms with Gasteiger partial charge in [-0.25, -0.2) is 8.78 Å². The first kappa shape index (κ1) is 20.1. The van der Waals surface area contributed by atoms with E-state index < -0.39 is 42.3 Å². The van der Waals surface area contributed by atoms with Gasteiger partial charge in [0.05, 0.1) is 19.6 Å². The Morgan fingerprint density at radius 1 is 1.38 bits per heavy atom. The molecule has 1 fully saturated rings. The van der Waals surface area contributed by atoms with Crippen LogP contribution in [-0.2, 0) is 9.59 Å². The fraction of sp³-hybridized carbons (Fsp3) is 0.556. The monoisotopic (exact) mass is 370 g/mol. The van der Waals surface area contributed by atoms with Gasteiger partial charge in [0.15, 0.2) is 0 Å². The van der Waals surface area contributed by atoms with Crippen molar-refractivity contribution in [3.63, 3.8) is 0 Å². The Morgan fingerprint density at radius 3 is 2.46 bits per heavy atom. The molecule has 0 unspecified atom stereocenters. The highest BCUT2D eigenvalue weighted by atomic mass is 19.3. The molecule has 2 rings (SSSR count). The third-order valence-electron chi connectivity index (χ3n) is 5.24. The third kappa shape index (κ3) is 3.65. The molecule has 1 aromatic carbocycles. The number of carboxylic acids is 1. The molecule has 0 saturated carbocycles. The highest BCUT2D eigenvalue weighted by Crippen LogP contribution is 2.47. The quantitative estimate of drug-likeness (QED) is 0.770. The molecule has 1 aromatic rings. The summed E-state index contributed by atoms with van der Waals surface area (Å²) in [7, 11) is 3.19. The molecule has 8 heteroatoms. The van der Waals surface area contributed by atoms with Crippen molar-refractivity contribution < 1.29 is 28.2 Å². The Balaban J connectivity index is 2.40. The van der Waals surface area contributed by atoms with Crippen molar-refractivity contribution in [1.82, 2.24) is 10.2 Å². The number of likely N-dealkylation sites (tertiary alicyclic amines) is 1. The number of aliphatic carboxylic acids is 1. The number of hydrogen-bond acceptors (Lipinski definition) is 4. The molecule has 1 aliphatic rings. The van der Waals surface area contributed by atoms with Gasteiger partial charge in [0, 0.05) is 6.04 Å². The van der Waals surface area contributed by atoms with E-state index in [4.69, 9.17) is 4.74 Å². The number of benzene rings is 1. The van der Waals surface area contributed by atoms with E-state index >= 15 is 0 Å². The number of carbonyl (C=O) groups excluding carboxylic acids is 1. The van der Waals surface area contributed by atoms with Crippen LogP contribution in [0.4, 0.5) is 8.78 Å². The lowest BCUT2D eigenvalue weighted by Crippen LogP contribution is -2.48. The third-order valence-corrected chi connectivity index (χ3v) is 5.24. The molecule has 1 saturated heterocycles. The van der Waals surface area contributed by atoms with E-state index in [1.54, 1.807) is 43.1 Å². The second kappa shape index (κ2) is 7.99. The molecule has 0 radical (unpaired) electrons. The average molecular weight is 370 g/mol. The maximum absolute atomic E-state index is 12.5. The zero-order valence-corrected chi connectivity index (χ0v) is 15.0. The number of ether oxygens (including phenoxy) is 1. The Bertz CT molecular complexity index is 653. The molecule has 0 aromatic heterocycles. The molecule has 0 bridgehead atoms. The van der Waals surface area contributed by atoms with Gasteiger partial charge >= 0.3 is 5.97 Å². The van der Waals surface area contributed by atoms with Gasteiger partial charge in [0.25, 0.3) is 6.43 Å². The van der Waals surface area contributed by atoms with E-state index in [2.05, 4.69) is 5.32 Å². The number of halogens is 2. The number of hydrogen-bond donors (Lipinski definition) is 2. The summed E-state index contributed by atoms with van der Waals surface area (Å²) in [5.74, 6) is -1.70. The SMILES string of the molecule is CC[C@@]1(C(=O)O)C[C@H](C(=O)NCC(F)F)[C@H](c2ccc(OC)cc2)N1C. The second-order valence-electron chi connectivity index (χ2n) is 6.47. The van der Waals surface area contributed by atoms with Crippen LogP contribution in [0.3, 0.4) is 0 Å². The summed E-state index contributed by atoms with van der Waals surface area (Å²) in [5, 5.41) is 12.0. The highest BCUT2D eigenvalue weighted by molar-refractivity contribution is 5.85. The minimum atomic E-state index is -2.66. The summed E-state index contributed by atoms with van der Waals surface area (Å²) in [6, 6.07) is 6.45. The predicted octanol–water partition coefficient (Wildman–Crippen LogP) is 2.30. The number of carbonyl (C=O) groups is 2. The molecular weight excluding hydrogens is 346 g/mol. The zero-order chi connectivity index (χ0) is 19.5. The van der Waals surface area contributed by atoms with Crippen molar-refractivity contribution in [3.8, 4) is 5.75 Å². The molecule has 1 aliphatic heterocycles. The molecule has 26 heavy (non-hydrogen) atoms. The topological polar surface area (TPSA) is 78.9 Å². The lowest BCUT2D eigenvalue weighted by Gasteiger charge is -2.34. The average Bonchev–Trinajstić information content (AvgIpc) is 2.93. The molecule has 1 amide bonds. The predicted molar refractivity (Wildman–Crippen MR) is 91.3 cm³/mol. The first-order valence-corrected chi connectivity index (χ1v) is 8.43. The van der Waals surface area contributed by atoms with Gasteiger partial charge in [-0.2, -0.15) is 0 Å². The van der Waals surface area contributed by atoms with Gasteiger partial charge in [-0.05, 0) is 37.6 Å².